The van der Waals surface area contributed by atoms with Crippen molar-refractivity contribution in [2.24, 2.45) is 17.8 Å². The Bertz CT molecular complexity index is 1300. The first kappa shape index (κ1) is 39.2. The van der Waals surface area contributed by atoms with Gasteiger partial charge in [0, 0.05) is 29.8 Å². The van der Waals surface area contributed by atoms with Crippen LogP contribution in [0.2, 0.25) is 0 Å². The van der Waals surface area contributed by atoms with Crippen molar-refractivity contribution in [3.63, 3.8) is 0 Å². The van der Waals surface area contributed by atoms with Gasteiger partial charge in [-0.25, -0.2) is 4.79 Å². The predicted molar refractivity (Wildman–Crippen MR) is 211 cm³/mol. The number of hydrogen-bond donors (Lipinski definition) is 3. The van der Waals surface area contributed by atoms with E-state index in [9.17, 15) is 9.90 Å². The molecule has 4 aliphatic carbocycles. The smallest absolute Gasteiger partial charge is 0.319 e. The third kappa shape index (κ3) is 11.3. The SMILES string of the molecule is CCCCCCCCN(CCCCCCCC)C[C@H]1C[C@@H](c2ccc(CO)cc2)O[C@@H](c2ccc(NC(=O)NC34CC5CC(CC(C5)C3)C4)cc2)O1. The number of aliphatic hydroxyl groups excluding tert-OH is 1. The number of ether oxygens (including phenoxy) is 2. The number of carbonyl (C=O) groups excluding carboxylic acids is 1. The second kappa shape index (κ2) is 19.8. The van der Waals surface area contributed by atoms with E-state index in [0.29, 0.717) is 0 Å². The number of unbranched alkanes of at least 4 members (excludes halogenated alkanes) is 10. The van der Waals surface area contributed by atoms with Gasteiger partial charge in [0.2, 0.25) is 0 Å². The average molecular weight is 716 g/mol. The minimum absolute atomic E-state index is 0.0139. The summed E-state index contributed by atoms with van der Waals surface area (Å²) < 4.78 is 13.5. The predicted octanol–water partition coefficient (Wildman–Crippen LogP) is 10.8. The molecule has 4 saturated carbocycles. The molecule has 7 rings (SSSR count). The number of urea groups is 1. The first-order valence-electron chi connectivity index (χ1n) is 21.4. The standard InChI is InChI=1S/C45H69N3O4/c1-3-5-7-9-11-13-23-48(24-14-12-10-8-6-4-2)32-41-28-42(38-17-15-34(33-49)16-18-38)52-43(51-41)39-19-21-40(22-20-39)46-44(50)47-45-29-35-25-36(30-45)27-37(26-35)31-45/h15-22,35-37,41-43,49H,3-14,23-33H2,1-2H3,(H2,46,47,50)/t35?,36?,37?,41-,42+,43+,45?/m1/s1. The number of nitrogens with zero attached hydrogens (tertiary/aromatic N) is 1. The van der Waals surface area contributed by atoms with Crippen LogP contribution in [0.5, 0.6) is 0 Å². The Morgan fingerprint density at radius 3 is 1.81 bits per heavy atom. The molecule has 52 heavy (non-hydrogen) atoms. The summed E-state index contributed by atoms with van der Waals surface area (Å²) in [7, 11) is 0. The van der Waals surface area contributed by atoms with Crippen molar-refractivity contribution < 1.29 is 19.4 Å². The number of aliphatic hydroxyl groups is 1. The van der Waals surface area contributed by atoms with Crippen molar-refractivity contribution in [2.75, 3.05) is 25.0 Å². The van der Waals surface area contributed by atoms with Gasteiger partial charge in [0.25, 0.3) is 0 Å². The number of benzene rings is 2. The lowest BCUT2D eigenvalue weighted by molar-refractivity contribution is -0.253. The van der Waals surface area contributed by atoms with Gasteiger partial charge < -0.3 is 30.1 Å². The van der Waals surface area contributed by atoms with Crippen LogP contribution in [0.15, 0.2) is 48.5 Å². The van der Waals surface area contributed by atoms with Gasteiger partial charge >= 0.3 is 6.03 Å². The lowest BCUT2D eigenvalue weighted by Crippen LogP contribution is -2.60. The Labute approximate surface area is 315 Å². The minimum Gasteiger partial charge on any atom is -0.392 e. The number of nitrogens with one attached hydrogen (secondary N) is 2. The molecule has 288 valence electrons. The zero-order chi connectivity index (χ0) is 36.2. The van der Waals surface area contributed by atoms with Crippen LogP contribution in [0, 0.1) is 17.8 Å². The Morgan fingerprint density at radius 2 is 1.25 bits per heavy atom. The molecule has 5 fully saturated rings. The van der Waals surface area contributed by atoms with Crippen LogP contribution in [-0.2, 0) is 16.1 Å². The van der Waals surface area contributed by atoms with E-state index in [1.807, 2.05) is 36.4 Å². The summed E-state index contributed by atoms with van der Waals surface area (Å²) in [6, 6.07) is 16.2. The fraction of sp³-hybridized carbons (Fsp3) is 0.711. The van der Waals surface area contributed by atoms with Gasteiger partial charge in [-0.15, -0.1) is 0 Å². The van der Waals surface area contributed by atoms with E-state index in [1.165, 1.54) is 96.3 Å². The quantitative estimate of drug-likeness (QED) is 0.112. The normalized spacial score (nSPS) is 28.0. The molecule has 5 aliphatic rings. The van der Waals surface area contributed by atoms with E-state index < -0.39 is 6.29 Å². The summed E-state index contributed by atoms with van der Waals surface area (Å²) >= 11 is 0. The summed E-state index contributed by atoms with van der Waals surface area (Å²) in [4.78, 5) is 15.9. The number of rotatable bonds is 21. The molecule has 0 spiro atoms. The van der Waals surface area contributed by atoms with Gasteiger partial charge in [-0.2, -0.15) is 0 Å². The molecule has 3 N–H and O–H groups in total. The van der Waals surface area contributed by atoms with Crippen molar-refractivity contribution in [2.45, 2.75) is 166 Å². The van der Waals surface area contributed by atoms with Gasteiger partial charge in [-0.05, 0) is 105 Å². The van der Waals surface area contributed by atoms with Crippen LogP contribution in [0.3, 0.4) is 0 Å². The van der Waals surface area contributed by atoms with Crippen molar-refractivity contribution in [3.8, 4) is 0 Å². The summed E-state index contributed by atoms with van der Waals surface area (Å²) in [5.74, 6) is 2.37. The molecule has 3 atom stereocenters. The van der Waals surface area contributed by atoms with Crippen LogP contribution >= 0.6 is 0 Å². The second-order valence-corrected chi connectivity index (χ2v) is 17.1. The Kier molecular flexibility index (Phi) is 14.9. The molecule has 4 bridgehead atoms. The van der Waals surface area contributed by atoms with E-state index in [0.717, 1.165) is 85.4 Å². The molecular weight excluding hydrogens is 647 g/mol. The third-order valence-electron chi connectivity index (χ3n) is 12.6. The van der Waals surface area contributed by atoms with Crippen molar-refractivity contribution >= 4 is 11.7 Å². The molecule has 7 heteroatoms. The number of anilines is 1. The maximum atomic E-state index is 13.3. The zero-order valence-electron chi connectivity index (χ0n) is 32.5. The van der Waals surface area contributed by atoms with E-state index in [-0.39, 0.29) is 30.4 Å². The van der Waals surface area contributed by atoms with Crippen LogP contribution in [0.25, 0.3) is 0 Å². The fourth-order valence-corrected chi connectivity index (χ4v) is 10.2. The first-order chi connectivity index (χ1) is 25.4. The van der Waals surface area contributed by atoms with Crippen LogP contribution in [0.4, 0.5) is 10.5 Å². The highest BCUT2D eigenvalue weighted by Gasteiger charge is 2.51. The second-order valence-electron chi connectivity index (χ2n) is 17.1. The fourth-order valence-electron chi connectivity index (χ4n) is 10.2. The van der Waals surface area contributed by atoms with E-state index in [4.69, 9.17) is 9.47 Å². The number of carbonyl (C=O) groups is 1. The van der Waals surface area contributed by atoms with E-state index >= 15 is 0 Å². The van der Waals surface area contributed by atoms with Gasteiger partial charge in [0.15, 0.2) is 6.29 Å². The lowest BCUT2D eigenvalue weighted by atomic mass is 9.53. The monoisotopic (exact) mass is 716 g/mol. The molecule has 0 aromatic heterocycles. The van der Waals surface area contributed by atoms with Crippen molar-refractivity contribution in [1.29, 1.82) is 0 Å². The van der Waals surface area contributed by atoms with E-state index in [1.54, 1.807) is 0 Å². The first-order valence-corrected chi connectivity index (χ1v) is 21.4. The van der Waals surface area contributed by atoms with Gasteiger partial charge in [-0.3, -0.25) is 0 Å². The summed E-state index contributed by atoms with van der Waals surface area (Å²) in [5.41, 5.74) is 3.77. The Balaban J connectivity index is 1.09. The molecule has 1 heterocycles. The maximum Gasteiger partial charge on any atom is 0.319 e. The van der Waals surface area contributed by atoms with Crippen LogP contribution in [0.1, 0.15) is 165 Å². The van der Waals surface area contributed by atoms with E-state index in [2.05, 4.69) is 41.5 Å². The molecule has 2 aromatic carbocycles. The third-order valence-corrected chi connectivity index (χ3v) is 12.6. The molecule has 1 saturated heterocycles. The Hall–Kier alpha value is -2.45. The highest BCUT2D eigenvalue weighted by Crippen LogP contribution is 2.55. The number of hydrogen-bond acceptors (Lipinski definition) is 5. The number of amides is 2. The molecular formula is C45H69N3O4. The molecule has 0 unspecified atom stereocenters. The average Bonchev–Trinajstić information content (AvgIpc) is 3.13. The highest BCUT2D eigenvalue weighted by molar-refractivity contribution is 5.89. The minimum atomic E-state index is -0.499. The van der Waals surface area contributed by atoms with Crippen molar-refractivity contribution in [3.05, 3.63) is 65.2 Å². The maximum absolute atomic E-state index is 13.3. The van der Waals surface area contributed by atoms with Gasteiger partial charge in [0.05, 0.1) is 18.8 Å². The summed E-state index contributed by atoms with van der Waals surface area (Å²) in [6.45, 7) is 7.74. The molecule has 2 amide bonds. The molecule has 2 aromatic rings. The summed E-state index contributed by atoms with van der Waals surface area (Å²) in [5, 5.41) is 16.2. The lowest BCUT2D eigenvalue weighted by Gasteiger charge is -2.56. The van der Waals surface area contributed by atoms with Crippen molar-refractivity contribution in [1.82, 2.24) is 10.2 Å². The summed E-state index contributed by atoms with van der Waals surface area (Å²) in [6.07, 6.45) is 23.4. The van der Waals surface area contributed by atoms with Gasteiger partial charge in [-0.1, -0.05) is 114 Å². The van der Waals surface area contributed by atoms with Crippen LogP contribution in [-0.4, -0.2) is 47.3 Å². The van der Waals surface area contributed by atoms with Crippen LogP contribution < -0.4 is 10.6 Å². The molecule has 0 radical (unpaired) electrons. The topological polar surface area (TPSA) is 83.1 Å². The largest absolute Gasteiger partial charge is 0.392 e. The molecule has 1 aliphatic heterocycles. The van der Waals surface area contributed by atoms with Gasteiger partial charge in [0.1, 0.15) is 0 Å². The Morgan fingerprint density at radius 1 is 0.712 bits per heavy atom. The molecule has 7 nitrogen and oxygen atoms in total. The zero-order valence-corrected chi connectivity index (χ0v) is 32.5. The highest BCUT2D eigenvalue weighted by atomic mass is 16.7.